The third-order valence-electron chi connectivity index (χ3n) is 3.29. The Morgan fingerprint density at radius 2 is 1.73 bits per heavy atom. The Balaban J connectivity index is 1.99. The van der Waals surface area contributed by atoms with Crippen LogP contribution >= 0.6 is 0 Å². The number of aromatic nitrogens is 2. The second-order valence-corrected chi connectivity index (χ2v) is 4.91. The summed E-state index contributed by atoms with van der Waals surface area (Å²) in [5.41, 5.74) is 2.06. The van der Waals surface area contributed by atoms with Crippen molar-refractivity contribution in [2.75, 3.05) is 0 Å². The zero-order valence-corrected chi connectivity index (χ0v) is 12.2. The van der Waals surface area contributed by atoms with Crippen LogP contribution in [0.15, 0.2) is 48.5 Å². The normalized spacial score (nSPS) is 10.6. The number of ether oxygens (including phenoxy) is 1. The maximum absolute atomic E-state index is 12.7. The number of esters is 1. The molecule has 0 unspecified atom stereocenters. The minimum atomic E-state index is -0.393. The molecule has 1 heterocycles. The standard InChI is InChI=1S/C17H14N2O3/c1-11-18-15-5-3-4-6-16(15)19(11)17(21)13-7-9-14(10-8-13)22-12(2)20/h3-10H,1-2H3. The molecule has 0 atom stereocenters. The molecule has 0 N–H and O–H groups in total. The Bertz CT molecular complexity index is 863. The summed E-state index contributed by atoms with van der Waals surface area (Å²) in [7, 11) is 0. The number of nitrogens with zero attached hydrogens (tertiary/aromatic N) is 2. The van der Waals surface area contributed by atoms with E-state index in [9.17, 15) is 9.59 Å². The van der Waals surface area contributed by atoms with Crippen LogP contribution in [0.3, 0.4) is 0 Å². The predicted molar refractivity (Wildman–Crippen MR) is 81.9 cm³/mol. The number of para-hydroxylation sites is 2. The van der Waals surface area contributed by atoms with Crippen molar-refractivity contribution >= 4 is 22.9 Å². The molecular formula is C17H14N2O3. The summed E-state index contributed by atoms with van der Waals surface area (Å²) in [5, 5.41) is 0. The SMILES string of the molecule is CC(=O)Oc1ccc(C(=O)n2c(C)nc3ccccc32)cc1. The molecule has 0 bridgehead atoms. The minimum absolute atomic E-state index is 0.166. The van der Waals surface area contributed by atoms with Gasteiger partial charge < -0.3 is 4.74 Å². The minimum Gasteiger partial charge on any atom is -0.427 e. The lowest BCUT2D eigenvalue weighted by Crippen LogP contribution is -2.13. The molecule has 0 radical (unpaired) electrons. The quantitative estimate of drug-likeness (QED) is 0.538. The van der Waals surface area contributed by atoms with Crippen molar-refractivity contribution < 1.29 is 14.3 Å². The van der Waals surface area contributed by atoms with Crippen molar-refractivity contribution in [3.05, 3.63) is 59.9 Å². The zero-order valence-electron chi connectivity index (χ0n) is 12.2. The number of hydrogen-bond acceptors (Lipinski definition) is 4. The van der Waals surface area contributed by atoms with E-state index in [1.54, 1.807) is 35.8 Å². The summed E-state index contributed by atoms with van der Waals surface area (Å²) in [6.07, 6.45) is 0. The van der Waals surface area contributed by atoms with Crippen LogP contribution in [-0.2, 0) is 4.79 Å². The fourth-order valence-electron chi connectivity index (χ4n) is 2.36. The Morgan fingerprint density at radius 3 is 2.41 bits per heavy atom. The maximum atomic E-state index is 12.7. The summed E-state index contributed by atoms with van der Waals surface area (Å²) in [6, 6.07) is 14.0. The van der Waals surface area contributed by atoms with Crippen molar-refractivity contribution in [1.29, 1.82) is 0 Å². The van der Waals surface area contributed by atoms with Crippen molar-refractivity contribution in [1.82, 2.24) is 9.55 Å². The van der Waals surface area contributed by atoms with Crippen LogP contribution in [0, 0.1) is 6.92 Å². The van der Waals surface area contributed by atoms with E-state index in [1.165, 1.54) is 6.92 Å². The van der Waals surface area contributed by atoms with Crippen LogP contribution in [0.1, 0.15) is 23.1 Å². The predicted octanol–water partition coefficient (Wildman–Crippen LogP) is 2.96. The van der Waals surface area contributed by atoms with Crippen LogP contribution in [0.25, 0.3) is 11.0 Å². The van der Waals surface area contributed by atoms with E-state index in [4.69, 9.17) is 4.74 Å². The van der Waals surface area contributed by atoms with Gasteiger partial charge in [-0.1, -0.05) is 12.1 Å². The Morgan fingerprint density at radius 1 is 1.05 bits per heavy atom. The van der Waals surface area contributed by atoms with E-state index >= 15 is 0 Å². The molecule has 0 saturated heterocycles. The molecule has 0 amide bonds. The highest BCUT2D eigenvalue weighted by molar-refractivity contribution is 6.01. The van der Waals surface area contributed by atoms with E-state index in [1.807, 2.05) is 24.3 Å². The highest BCUT2D eigenvalue weighted by atomic mass is 16.5. The molecule has 5 heteroatoms. The van der Waals surface area contributed by atoms with Crippen molar-refractivity contribution in [3.63, 3.8) is 0 Å². The smallest absolute Gasteiger partial charge is 0.308 e. The van der Waals surface area contributed by atoms with Crippen molar-refractivity contribution in [3.8, 4) is 5.75 Å². The summed E-state index contributed by atoms with van der Waals surface area (Å²) in [4.78, 5) is 28.0. The molecule has 22 heavy (non-hydrogen) atoms. The third-order valence-corrected chi connectivity index (χ3v) is 3.29. The van der Waals surface area contributed by atoms with Crippen molar-refractivity contribution in [2.24, 2.45) is 0 Å². The first-order chi connectivity index (χ1) is 10.6. The molecule has 0 aliphatic heterocycles. The van der Waals surface area contributed by atoms with E-state index in [2.05, 4.69) is 4.98 Å². The van der Waals surface area contributed by atoms with Gasteiger partial charge in [-0.25, -0.2) is 4.98 Å². The summed E-state index contributed by atoms with van der Waals surface area (Å²) >= 11 is 0. The largest absolute Gasteiger partial charge is 0.427 e. The lowest BCUT2D eigenvalue weighted by atomic mass is 10.2. The molecule has 0 fully saturated rings. The summed E-state index contributed by atoms with van der Waals surface area (Å²) in [5.74, 6) is 0.489. The fourth-order valence-corrected chi connectivity index (χ4v) is 2.36. The van der Waals surface area contributed by atoms with Crippen molar-refractivity contribution in [2.45, 2.75) is 13.8 Å². The van der Waals surface area contributed by atoms with Gasteiger partial charge in [0.1, 0.15) is 11.6 Å². The molecule has 3 rings (SSSR count). The van der Waals surface area contributed by atoms with Gasteiger partial charge in [0.25, 0.3) is 5.91 Å². The summed E-state index contributed by atoms with van der Waals surface area (Å²) in [6.45, 7) is 3.13. The molecule has 2 aromatic carbocycles. The molecule has 0 spiro atoms. The number of imidazole rings is 1. The number of rotatable bonds is 2. The number of carbonyl (C=O) groups is 2. The molecule has 3 aromatic rings. The molecule has 0 aliphatic carbocycles. The topological polar surface area (TPSA) is 61.2 Å². The highest BCUT2D eigenvalue weighted by Crippen LogP contribution is 2.19. The first-order valence-electron chi connectivity index (χ1n) is 6.83. The highest BCUT2D eigenvalue weighted by Gasteiger charge is 2.15. The Kier molecular flexibility index (Phi) is 3.47. The monoisotopic (exact) mass is 294 g/mol. The fraction of sp³-hybridized carbons (Fsp3) is 0.118. The second kappa shape index (κ2) is 5.44. The number of benzene rings is 2. The van der Waals surface area contributed by atoms with Gasteiger partial charge in [0.15, 0.2) is 0 Å². The summed E-state index contributed by atoms with van der Waals surface area (Å²) < 4.78 is 6.54. The van der Waals surface area contributed by atoms with E-state index in [0.717, 1.165) is 11.0 Å². The number of carbonyl (C=O) groups excluding carboxylic acids is 2. The number of fused-ring (bicyclic) bond motifs is 1. The van der Waals surface area contributed by atoms with Gasteiger partial charge in [-0.3, -0.25) is 14.2 Å². The number of hydrogen-bond donors (Lipinski definition) is 0. The average molecular weight is 294 g/mol. The molecule has 0 aliphatic rings. The van der Waals surface area contributed by atoms with Gasteiger partial charge in [-0.05, 0) is 43.3 Å². The van der Waals surface area contributed by atoms with E-state index < -0.39 is 5.97 Å². The van der Waals surface area contributed by atoms with Crippen LogP contribution in [0.2, 0.25) is 0 Å². The van der Waals surface area contributed by atoms with Gasteiger partial charge >= 0.3 is 5.97 Å². The lowest BCUT2D eigenvalue weighted by Gasteiger charge is -2.06. The molecule has 1 aromatic heterocycles. The van der Waals surface area contributed by atoms with E-state index in [-0.39, 0.29) is 5.91 Å². The third kappa shape index (κ3) is 2.48. The van der Waals surface area contributed by atoms with Crippen LogP contribution < -0.4 is 4.74 Å². The second-order valence-electron chi connectivity index (χ2n) is 4.91. The number of aryl methyl sites for hydroxylation is 1. The molecule has 5 nitrogen and oxygen atoms in total. The Hall–Kier alpha value is -2.95. The van der Waals surface area contributed by atoms with Gasteiger partial charge in [-0.15, -0.1) is 0 Å². The Labute approximate surface area is 127 Å². The zero-order chi connectivity index (χ0) is 15.7. The first kappa shape index (κ1) is 14.0. The van der Waals surface area contributed by atoms with Crippen LogP contribution in [0.4, 0.5) is 0 Å². The first-order valence-corrected chi connectivity index (χ1v) is 6.83. The van der Waals surface area contributed by atoms with Gasteiger partial charge in [0.2, 0.25) is 0 Å². The van der Waals surface area contributed by atoms with Crippen LogP contribution in [0.5, 0.6) is 5.75 Å². The average Bonchev–Trinajstić information content (AvgIpc) is 2.82. The molecular weight excluding hydrogens is 280 g/mol. The molecule has 110 valence electrons. The maximum Gasteiger partial charge on any atom is 0.308 e. The van der Waals surface area contributed by atoms with Gasteiger partial charge in [0, 0.05) is 12.5 Å². The van der Waals surface area contributed by atoms with Gasteiger partial charge in [-0.2, -0.15) is 0 Å². The lowest BCUT2D eigenvalue weighted by molar-refractivity contribution is -0.131. The van der Waals surface area contributed by atoms with E-state index in [0.29, 0.717) is 17.1 Å². The van der Waals surface area contributed by atoms with Crippen LogP contribution in [-0.4, -0.2) is 21.4 Å². The molecule has 0 saturated carbocycles. The van der Waals surface area contributed by atoms with Gasteiger partial charge in [0.05, 0.1) is 11.0 Å².